The van der Waals surface area contributed by atoms with Crippen LogP contribution in [0.25, 0.3) is 0 Å². The van der Waals surface area contributed by atoms with Crippen LogP contribution < -0.4 is 31.8 Å². The Morgan fingerprint density at radius 3 is 0.750 bits per heavy atom. The molecule has 0 saturated heterocycles. The zero-order valence-electron chi connectivity index (χ0n) is 30.6. The van der Waals surface area contributed by atoms with Gasteiger partial charge in [0, 0.05) is 0 Å². The first-order chi connectivity index (χ1) is 25.2. The van der Waals surface area contributed by atoms with Gasteiger partial charge >= 0.3 is 314 Å². The Hall–Kier alpha value is -3.83. The van der Waals surface area contributed by atoms with Gasteiger partial charge in [-0.25, -0.2) is 0 Å². The minimum absolute atomic E-state index is 0.585. The van der Waals surface area contributed by atoms with Gasteiger partial charge in [-0.3, -0.25) is 0 Å². The van der Waals surface area contributed by atoms with Crippen LogP contribution in [0.2, 0.25) is 0 Å². The summed E-state index contributed by atoms with van der Waals surface area (Å²) in [5.74, 6) is 0. The average Bonchev–Trinajstić information content (AvgIpc) is 3.20. The monoisotopic (exact) mass is 748 g/mol. The third-order valence-corrected chi connectivity index (χ3v) is 24.3. The molecule has 6 aromatic carbocycles. The summed E-state index contributed by atoms with van der Waals surface area (Å²) in [6, 6.07) is 62.5. The van der Waals surface area contributed by atoms with Crippen molar-refractivity contribution in [2.75, 3.05) is 53.6 Å². The normalized spacial score (nSPS) is 14.3. The van der Waals surface area contributed by atoms with E-state index < -0.39 is 25.0 Å². The van der Waals surface area contributed by atoms with E-state index in [0.29, 0.717) is 25.4 Å². The Balaban J connectivity index is 1.71. The van der Waals surface area contributed by atoms with Crippen molar-refractivity contribution in [2.24, 2.45) is 0 Å². The van der Waals surface area contributed by atoms with Crippen LogP contribution in [0.5, 0.6) is 0 Å². The molecule has 5 nitrogen and oxygen atoms in total. The van der Waals surface area contributed by atoms with Crippen molar-refractivity contribution in [1.29, 1.82) is 0 Å². The molecule has 6 rings (SSSR count). The van der Waals surface area contributed by atoms with E-state index in [0.717, 1.165) is 31.8 Å². The molecule has 0 aliphatic rings. The van der Waals surface area contributed by atoms with Crippen LogP contribution in [0.1, 0.15) is 0 Å². The molecule has 0 unspecified atom stereocenters. The van der Waals surface area contributed by atoms with E-state index in [9.17, 15) is 0 Å². The van der Waals surface area contributed by atoms with E-state index in [1.165, 1.54) is 0 Å². The summed E-state index contributed by atoms with van der Waals surface area (Å²) in [6.45, 7) is -6.78. The predicted molar refractivity (Wildman–Crippen MR) is 227 cm³/mol. The van der Waals surface area contributed by atoms with E-state index in [-0.39, 0.29) is 0 Å². The Kier molecular flexibility index (Phi) is 11.7. The zero-order chi connectivity index (χ0) is 36.5. The fraction of sp³-hybridized carbons (Fsp3) is 0.182. The summed E-state index contributed by atoms with van der Waals surface area (Å²) >= 11 is -2.29. The van der Waals surface area contributed by atoms with Crippen molar-refractivity contribution in [2.45, 2.75) is 0 Å². The summed E-state index contributed by atoms with van der Waals surface area (Å²) in [7, 11) is 8.31. The first kappa shape index (κ1) is 37.9. The molecule has 0 aliphatic carbocycles. The molecule has 0 atom stereocenters. The molecule has 0 bridgehead atoms. The van der Waals surface area contributed by atoms with Gasteiger partial charge < -0.3 is 0 Å². The summed E-state index contributed by atoms with van der Waals surface area (Å²) < 4.78 is 31.2. The topological polar surface area (TPSA) is 42.0 Å². The second-order valence-corrected chi connectivity index (χ2v) is 24.3. The van der Waals surface area contributed by atoms with Crippen molar-refractivity contribution in [3.8, 4) is 0 Å². The first-order valence-corrected chi connectivity index (χ1v) is 23.4. The summed E-state index contributed by atoms with van der Waals surface area (Å²) in [5, 5.41) is 5.99. The molecule has 0 N–H and O–H groups in total. The molecule has 0 spiro atoms. The van der Waals surface area contributed by atoms with Crippen LogP contribution >= 0.6 is 13.7 Å². The molecular weight excluding hydrogens is 699 g/mol. The van der Waals surface area contributed by atoms with Crippen molar-refractivity contribution in [1.82, 2.24) is 9.80 Å². The molecule has 0 fully saturated rings. The van der Waals surface area contributed by atoms with Crippen LogP contribution in [0, 0.1) is 0 Å². The van der Waals surface area contributed by atoms with Gasteiger partial charge in [0.2, 0.25) is 0 Å². The third-order valence-electron chi connectivity index (χ3n) is 10.2. The van der Waals surface area contributed by atoms with E-state index in [4.69, 9.17) is 7.94 Å². The van der Waals surface area contributed by atoms with Crippen LogP contribution in [-0.4, -0.2) is 67.6 Å². The Morgan fingerprint density at radius 2 is 0.577 bits per heavy atom. The quantitative estimate of drug-likeness (QED) is 0.104. The molecule has 52 heavy (non-hydrogen) atoms. The molecular formula is C44H50N2O3P2S. The first-order valence-electron chi connectivity index (χ1n) is 17.7. The third kappa shape index (κ3) is 6.75. The molecule has 0 amide bonds. The van der Waals surface area contributed by atoms with Crippen molar-refractivity contribution in [3.05, 3.63) is 182 Å². The maximum absolute atomic E-state index is 15.9. The molecule has 0 aromatic heterocycles. The average molecular weight is 749 g/mol. The molecule has 0 aliphatic heterocycles. The van der Waals surface area contributed by atoms with Gasteiger partial charge in [0.05, 0.1) is 0 Å². The van der Waals surface area contributed by atoms with Gasteiger partial charge in [-0.15, -0.1) is 0 Å². The summed E-state index contributed by atoms with van der Waals surface area (Å²) in [6.07, 6.45) is 1.17. The SMILES string of the molecule is CN(C)CCP(OS(=O)OP(CCN(C)C)(c1ccccc1)(c1ccccc1)c1ccccc1)(c1ccccc1)(c1ccccc1)c1ccccc1. The second kappa shape index (κ2) is 16.0. The van der Waals surface area contributed by atoms with Crippen molar-refractivity contribution < 1.29 is 12.1 Å². The molecule has 8 heteroatoms. The van der Waals surface area contributed by atoms with Crippen LogP contribution in [0.4, 0.5) is 0 Å². The van der Waals surface area contributed by atoms with Gasteiger partial charge in [-0.2, -0.15) is 0 Å². The second-order valence-electron chi connectivity index (χ2n) is 13.8. The van der Waals surface area contributed by atoms with Crippen molar-refractivity contribution >= 4 is 56.8 Å². The predicted octanol–water partition coefficient (Wildman–Crippen LogP) is 6.61. The van der Waals surface area contributed by atoms with E-state index >= 15 is 4.21 Å². The van der Waals surface area contributed by atoms with Gasteiger partial charge in [0.25, 0.3) is 0 Å². The van der Waals surface area contributed by atoms with E-state index in [2.05, 4.69) is 184 Å². The van der Waals surface area contributed by atoms with Gasteiger partial charge in [-0.05, 0) is 0 Å². The zero-order valence-corrected chi connectivity index (χ0v) is 33.2. The Labute approximate surface area is 313 Å². The number of hydrogen-bond acceptors (Lipinski definition) is 5. The molecule has 0 saturated carbocycles. The van der Waals surface area contributed by atoms with Crippen molar-refractivity contribution in [3.63, 3.8) is 0 Å². The molecule has 0 heterocycles. The Bertz CT molecular complexity index is 1690. The van der Waals surface area contributed by atoms with Crippen LogP contribution in [0.3, 0.4) is 0 Å². The van der Waals surface area contributed by atoms with Gasteiger partial charge in [-0.1, -0.05) is 0 Å². The number of rotatable bonds is 16. The summed E-state index contributed by atoms with van der Waals surface area (Å²) in [5.41, 5.74) is 0. The molecule has 270 valence electrons. The number of benzene rings is 6. The molecule has 6 aromatic rings. The van der Waals surface area contributed by atoms with Gasteiger partial charge in [0.15, 0.2) is 0 Å². The minimum atomic E-state index is -4.08. The number of hydrogen-bond donors (Lipinski definition) is 0. The fourth-order valence-corrected chi connectivity index (χ4v) is 22.4. The Morgan fingerprint density at radius 1 is 0.385 bits per heavy atom. The number of nitrogens with zero attached hydrogens (tertiary/aromatic N) is 2. The maximum atomic E-state index is 15.9. The molecule has 0 radical (unpaired) electrons. The standard InChI is InChI=1S/C44H50N2O3P2S/c1-45(2)35-37-50(39-23-11-5-12-24-39,40-25-13-6-14-26-40,41-27-15-7-16-28-41)48-52(47)49-51(38-36-46(3)4,42-29-17-8-18-30-42,43-31-19-9-20-32-43)44-33-21-10-22-34-44/h5-34H,35-38H2,1-4H3. The van der Waals surface area contributed by atoms with Gasteiger partial charge in [0.1, 0.15) is 0 Å². The fourth-order valence-electron chi connectivity index (χ4n) is 7.53. The van der Waals surface area contributed by atoms with E-state index in [1.54, 1.807) is 0 Å². The summed E-state index contributed by atoms with van der Waals surface area (Å²) in [4.78, 5) is 4.36. The van der Waals surface area contributed by atoms with Crippen LogP contribution in [-0.2, 0) is 19.3 Å². The van der Waals surface area contributed by atoms with Crippen LogP contribution in [0.15, 0.2) is 182 Å². The van der Waals surface area contributed by atoms with E-state index in [1.807, 2.05) is 36.4 Å².